The van der Waals surface area contributed by atoms with Crippen LogP contribution in [-0.2, 0) is 10.8 Å². The van der Waals surface area contributed by atoms with Crippen LogP contribution >= 0.6 is 0 Å². The van der Waals surface area contributed by atoms with E-state index in [1.165, 1.54) is 17.8 Å². The van der Waals surface area contributed by atoms with E-state index in [9.17, 15) is 9.22 Å². The van der Waals surface area contributed by atoms with E-state index in [0.29, 0.717) is 33.7 Å². The van der Waals surface area contributed by atoms with Crippen LogP contribution in [0.3, 0.4) is 0 Å². The molecule has 0 aliphatic rings. The normalized spacial score (nSPS) is 15.9. The van der Waals surface area contributed by atoms with Gasteiger partial charge in [0, 0.05) is 36.6 Å². The minimum absolute atomic E-state index is 0.0332. The van der Waals surface area contributed by atoms with Crippen LogP contribution in [0.4, 0.5) is 0 Å². The summed E-state index contributed by atoms with van der Waals surface area (Å²) in [6.07, 6.45) is 1.43. The molecule has 0 saturated carbocycles. The number of rotatable bonds is 10. The summed E-state index contributed by atoms with van der Waals surface area (Å²) < 4.78 is 122. The van der Waals surface area contributed by atoms with E-state index in [4.69, 9.17) is 25.0 Å². The highest BCUT2D eigenvalue weighted by atomic mass is 16.3. The van der Waals surface area contributed by atoms with Crippen LogP contribution in [0, 0.1) is 0 Å². The van der Waals surface area contributed by atoms with E-state index >= 15 is 0 Å². The molecular weight excluding hydrogens is 839 g/mol. The van der Waals surface area contributed by atoms with E-state index in [2.05, 4.69) is 89.4 Å². The van der Waals surface area contributed by atoms with Crippen molar-refractivity contribution >= 4 is 11.0 Å². The second kappa shape index (κ2) is 18.5. The third-order valence-electron chi connectivity index (χ3n) is 12.9. The molecule has 4 nitrogen and oxygen atoms in total. The summed E-state index contributed by atoms with van der Waals surface area (Å²) in [7, 11) is 0. The topological polar surface area (TPSA) is 50.9 Å². The van der Waals surface area contributed by atoms with E-state index in [1.807, 2.05) is 98.8 Å². The van der Waals surface area contributed by atoms with Gasteiger partial charge in [-0.25, -0.2) is 4.98 Å². The maximum Gasteiger partial charge on any atom is 0.149 e. The molecule has 0 saturated heterocycles. The van der Waals surface area contributed by atoms with Gasteiger partial charge in [-0.2, -0.15) is 0 Å². The van der Waals surface area contributed by atoms with Gasteiger partial charge in [0.15, 0.2) is 0 Å². The summed E-state index contributed by atoms with van der Waals surface area (Å²) in [5, 5.41) is 12.5. The monoisotopic (exact) mass is 920 g/mol. The van der Waals surface area contributed by atoms with Crippen LogP contribution in [0.5, 0.6) is 5.75 Å². The van der Waals surface area contributed by atoms with Crippen molar-refractivity contribution in [1.82, 2.24) is 14.5 Å². The van der Waals surface area contributed by atoms with Crippen molar-refractivity contribution in [2.24, 2.45) is 0 Å². The van der Waals surface area contributed by atoms with Gasteiger partial charge in [0.2, 0.25) is 0 Å². The van der Waals surface area contributed by atoms with Gasteiger partial charge in [-0.1, -0.05) is 186 Å². The van der Waals surface area contributed by atoms with Crippen LogP contribution in [0.2, 0.25) is 0 Å². The highest BCUT2D eigenvalue weighted by Gasteiger charge is 2.26. The highest BCUT2D eigenvalue weighted by molar-refractivity contribution is 5.98. The second-order valence-electron chi connectivity index (χ2n) is 19.9. The number of para-hydroxylation sites is 1. The van der Waals surface area contributed by atoms with Crippen molar-refractivity contribution in [3.8, 4) is 78.6 Å². The van der Waals surface area contributed by atoms with Crippen molar-refractivity contribution in [1.29, 1.82) is 0 Å². The molecule has 0 atom stereocenters. The Hall–Kier alpha value is -7.04. The van der Waals surface area contributed by atoms with Gasteiger partial charge in [0.05, 0.1) is 33.5 Å². The molecule has 1 N–H and O–H groups in total. The third kappa shape index (κ3) is 9.42. The van der Waals surface area contributed by atoms with Crippen LogP contribution in [0.25, 0.3) is 83.9 Å². The smallest absolute Gasteiger partial charge is 0.149 e. The minimum atomic E-state index is -3.82. The molecule has 0 aliphatic carbocycles. The second-order valence-corrected chi connectivity index (χ2v) is 19.9. The van der Waals surface area contributed by atoms with Crippen LogP contribution in [0.1, 0.15) is 148 Å². The maximum absolute atomic E-state index is 12.5. The first-order valence-electron chi connectivity index (χ1n) is 30.5. The number of hydrogen-bond donors (Lipinski definition) is 1. The van der Waals surface area contributed by atoms with Crippen molar-refractivity contribution in [2.45, 2.75) is 111 Å². The predicted molar refractivity (Wildman–Crippen MR) is 293 cm³/mol. The highest BCUT2D eigenvalue weighted by Crippen LogP contribution is 2.45. The Morgan fingerprint density at radius 1 is 0.551 bits per heavy atom. The first-order valence-corrected chi connectivity index (χ1v) is 23.5. The Morgan fingerprint density at radius 2 is 1.25 bits per heavy atom. The fourth-order valence-electron chi connectivity index (χ4n) is 8.92. The minimum Gasteiger partial charge on any atom is -0.507 e. The summed E-state index contributed by atoms with van der Waals surface area (Å²) in [5.41, 5.74) is 6.87. The molecule has 0 bridgehead atoms. The number of phenols is 1. The van der Waals surface area contributed by atoms with Crippen molar-refractivity contribution in [3.63, 3.8) is 0 Å². The lowest BCUT2D eigenvalue weighted by Gasteiger charge is -2.21. The van der Waals surface area contributed by atoms with E-state index in [0.717, 1.165) is 55.7 Å². The molecule has 2 heterocycles. The molecular formula is C65H67N3O. The number of hydrogen-bond acceptors (Lipinski definition) is 3. The van der Waals surface area contributed by atoms with E-state index in [1.54, 1.807) is 6.07 Å². The Balaban J connectivity index is 1.32. The maximum atomic E-state index is 12.5. The van der Waals surface area contributed by atoms with Crippen LogP contribution < -0.4 is 0 Å². The zero-order chi connectivity index (χ0) is 60.8. The van der Waals surface area contributed by atoms with Gasteiger partial charge in [0.1, 0.15) is 11.6 Å². The molecule has 0 unspecified atom stereocenters. The lowest BCUT2D eigenvalue weighted by Crippen LogP contribution is -2.10. The summed E-state index contributed by atoms with van der Waals surface area (Å²) in [5.74, 6) is -0.262. The molecule has 9 aromatic rings. The molecule has 4 heteroatoms. The average molecular weight is 920 g/mol. The largest absolute Gasteiger partial charge is 0.507 e. The number of pyridine rings is 1. The molecule has 348 valence electrons. The standard InChI is InChI=1S/C65H67N3O/c1-40(2)46-25-30-59(56(36-46)45-23-28-53(29-24-45)65(10,11)12)68-60-20-16-19-54(61(60)67-63(68)57-38-48(41(3)4)37-55(42(5)6)62(57)69)50-33-49(43-17-14-13-15-18-43)34-51(35-50)58-39-47(31-32-66-58)44-21-26-52(27-22-44)64(7,8)9/h13-42,69H,1-12H3/i7D3,8D3,9D3,21D,22D,26D,27D,40D. The molecule has 0 spiro atoms. The first-order chi connectivity index (χ1) is 38.6. The number of aromatic nitrogens is 3. The quantitative estimate of drug-likeness (QED) is 0.149. The van der Waals surface area contributed by atoms with Crippen LogP contribution in [-0.4, -0.2) is 19.6 Å². The number of imidazole rings is 1. The van der Waals surface area contributed by atoms with Gasteiger partial charge in [-0.3, -0.25) is 9.55 Å². The fraction of sp³-hybridized carbons (Fsp3) is 0.262. The van der Waals surface area contributed by atoms with Gasteiger partial charge in [-0.05, 0) is 144 Å². The lowest BCUT2D eigenvalue weighted by atomic mass is 9.86. The zero-order valence-electron chi connectivity index (χ0n) is 54.7. The Labute approximate surface area is 430 Å². The number of nitrogens with zero attached hydrogens (tertiary/aromatic N) is 3. The van der Waals surface area contributed by atoms with Crippen LogP contribution in [0.15, 0.2) is 164 Å². The Kier molecular flexibility index (Phi) is 8.74. The lowest BCUT2D eigenvalue weighted by molar-refractivity contribution is 0.466. The Bertz CT molecular complexity index is 3890. The van der Waals surface area contributed by atoms with Gasteiger partial charge in [-0.15, -0.1) is 0 Å². The number of phenolic OH excluding ortho intramolecular Hbond substituents is 1. The molecule has 0 aliphatic heterocycles. The Morgan fingerprint density at radius 3 is 1.91 bits per heavy atom. The summed E-state index contributed by atoms with van der Waals surface area (Å²) in [6.45, 7) is 7.13. The first kappa shape index (κ1) is 32.7. The number of benzene rings is 7. The molecule has 69 heavy (non-hydrogen) atoms. The molecule has 9 rings (SSSR count). The molecule has 0 radical (unpaired) electrons. The molecule has 0 fully saturated rings. The zero-order valence-corrected chi connectivity index (χ0v) is 40.7. The summed E-state index contributed by atoms with van der Waals surface area (Å²) >= 11 is 0. The summed E-state index contributed by atoms with van der Waals surface area (Å²) in [4.78, 5) is 10.3. The van der Waals surface area contributed by atoms with Gasteiger partial charge in [0.25, 0.3) is 0 Å². The molecule has 0 amide bonds. The van der Waals surface area contributed by atoms with Crippen molar-refractivity contribution in [2.75, 3.05) is 0 Å². The molecule has 7 aromatic carbocycles. The van der Waals surface area contributed by atoms with E-state index < -0.39 is 61.6 Å². The van der Waals surface area contributed by atoms with Crippen molar-refractivity contribution < 1.29 is 24.3 Å². The van der Waals surface area contributed by atoms with Crippen molar-refractivity contribution in [3.05, 3.63) is 192 Å². The van der Waals surface area contributed by atoms with E-state index in [-0.39, 0.29) is 34.1 Å². The fourth-order valence-corrected chi connectivity index (χ4v) is 8.92. The number of aromatic hydroxyl groups is 1. The summed E-state index contributed by atoms with van der Waals surface area (Å²) in [6, 6.07) is 39.4. The molecule has 2 aromatic heterocycles. The SMILES string of the molecule is [2H]c1c([2H])c(C(C([2H])([2H])[2H])(C([2H])([2H])[2H])C([2H])([2H])[2H])c([2H])c([2H])c1-c1ccnc(-c2cc(-c3ccccc3)cc(-c3cccc4c3nc(-c3cc(C(C)C)cc(C(C)C)c3O)n4-c3ccc(C([2H])(C)C)cc3-c3ccc(C(C)(C)C)cc3)c2)c1. The van der Waals surface area contributed by atoms with Gasteiger partial charge >= 0.3 is 0 Å². The number of fused-ring (bicyclic) bond motifs is 1. The third-order valence-corrected chi connectivity index (χ3v) is 12.9. The van der Waals surface area contributed by atoms with Gasteiger partial charge < -0.3 is 5.11 Å². The average Bonchev–Trinajstić information content (AvgIpc) is 1.98. The predicted octanol–water partition coefficient (Wildman–Crippen LogP) is 18.1.